The Kier molecular flexibility index (Phi) is 2.80. The van der Waals surface area contributed by atoms with Gasteiger partial charge in [-0.2, -0.15) is 0 Å². The summed E-state index contributed by atoms with van der Waals surface area (Å²) in [5, 5.41) is 0. The first-order valence-corrected chi connectivity index (χ1v) is 8.35. The van der Waals surface area contributed by atoms with E-state index in [2.05, 4.69) is 18.8 Å². The third-order valence-electron chi connectivity index (χ3n) is 4.83. The average molecular weight is 324 g/mol. The van der Waals surface area contributed by atoms with Crippen LogP contribution in [0.3, 0.4) is 0 Å². The van der Waals surface area contributed by atoms with Crippen LogP contribution in [0, 0.1) is 0 Å². The molecule has 0 N–H and O–H groups in total. The number of hydrogen-bond acceptors (Lipinski definition) is 4. The van der Waals surface area contributed by atoms with E-state index in [1.165, 1.54) is 0 Å². The van der Waals surface area contributed by atoms with E-state index in [9.17, 15) is 0 Å². The molecule has 0 spiro atoms. The molecule has 2 aromatic heterocycles. The Morgan fingerprint density at radius 1 is 0.720 bits per heavy atom. The van der Waals surface area contributed by atoms with Crippen LogP contribution in [0.4, 0.5) is 0 Å². The normalized spacial score (nSPS) is 14.3. The molecule has 0 unspecified atom stereocenters. The number of fused-ring (bicyclic) bond motifs is 4. The van der Waals surface area contributed by atoms with Gasteiger partial charge in [0.05, 0.1) is 33.5 Å². The largest absolute Gasteiger partial charge is 0.248 e. The fraction of sp³-hybridized carbons (Fsp3) is 0.143. The fourth-order valence-corrected chi connectivity index (χ4v) is 3.49. The van der Waals surface area contributed by atoms with Gasteiger partial charge >= 0.3 is 0 Å². The van der Waals surface area contributed by atoms with Gasteiger partial charge in [0.2, 0.25) is 0 Å². The molecule has 4 nitrogen and oxygen atoms in total. The lowest BCUT2D eigenvalue weighted by Gasteiger charge is -2.19. The first-order valence-electron chi connectivity index (χ1n) is 8.35. The Morgan fingerprint density at radius 2 is 1.40 bits per heavy atom. The van der Waals surface area contributed by atoms with E-state index in [1.54, 1.807) is 0 Å². The summed E-state index contributed by atoms with van der Waals surface area (Å²) in [5.41, 5.74) is 6.39. The molecule has 0 atom stereocenters. The van der Waals surface area contributed by atoms with Crippen LogP contribution < -0.4 is 0 Å². The molecule has 0 saturated heterocycles. The smallest absolute Gasteiger partial charge is 0.159 e. The van der Waals surface area contributed by atoms with Gasteiger partial charge in [-0.25, -0.2) is 19.9 Å². The monoisotopic (exact) mass is 324 g/mol. The summed E-state index contributed by atoms with van der Waals surface area (Å²) < 4.78 is 0. The molecule has 0 bridgehead atoms. The highest BCUT2D eigenvalue weighted by molar-refractivity contribution is 5.83. The van der Waals surface area contributed by atoms with Crippen molar-refractivity contribution in [2.24, 2.45) is 0 Å². The zero-order valence-corrected chi connectivity index (χ0v) is 14.1. The Hall–Kier alpha value is -3.14. The maximum atomic E-state index is 4.90. The standard InChI is InChI=1S/C21H16N4/c1-21(2)18-14(12-22-20(25-18)13-8-4-3-5-9-13)17-19(21)24-16-11-7-6-10-15(16)23-17/h3-12H,1-2H3. The zero-order valence-electron chi connectivity index (χ0n) is 14.1. The minimum Gasteiger partial charge on any atom is -0.248 e. The van der Waals surface area contributed by atoms with Gasteiger partial charge in [0, 0.05) is 17.3 Å². The minimum atomic E-state index is -0.297. The predicted octanol–water partition coefficient (Wildman–Crippen LogP) is 4.39. The second-order valence-corrected chi connectivity index (χ2v) is 6.86. The van der Waals surface area contributed by atoms with E-state index in [-0.39, 0.29) is 5.41 Å². The molecule has 2 aromatic carbocycles. The van der Waals surface area contributed by atoms with Crippen LogP contribution in [0.15, 0.2) is 60.8 Å². The van der Waals surface area contributed by atoms with Gasteiger partial charge in [-0.3, -0.25) is 0 Å². The van der Waals surface area contributed by atoms with Gasteiger partial charge in [0.15, 0.2) is 5.82 Å². The van der Waals surface area contributed by atoms with Crippen LogP contribution in [-0.2, 0) is 5.41 Å². The van der Waals surface area contributed by atoms with Crippen LogP contribution >= 0.6 is 0 Å². The highest BCUT2D eigenvalue weighted by Crippen LogP contribution is 2.46. The fourth-order valence-electron chi connectivity index (χ4n) is 3.49. The Bertz CT molecular complexity index is 1120. The first kappa shape index (κ1) is 14.2. The van der Waals surface area contributed by atoms with E-state index in [0.29, 0.717) is 0 Å². The predicted molar refractivity (Wildman–Crippen MR) is 98.1 cm³/mol. The summed E-state index contributed by atoms with van der Waals surface area (Å²) in [4.78, 5) is 19.2. The number of benzene rings is 2. The summed E-state index contributed by atoms with van der Waals surface area (Å²) >= 11 is 0. The Balaban J connectivity index is 1.76. The van der Waals surface area contributed by atoms with E-state index >= 15 is 0 Å². The maximum Gasteiger partial charge on any atom is 0.159 e. The van der Waals surface area contributed by atoms with Crippen LogP contribution in [0.25, 0.3) is 33.7 Å². The highest BCUT2D eigenvalue weighted by Gasteiger charge is 2.40. The molecule has 5 rings (SSSR count). The molecule has 0 aliphatic heterocycles. The van der Waals surface area contributed by atoms with Gasteiger partial charge < -0.3 is 0 Å². The second-order valence-electron chi connectivity index (χ2n) is 6.86. The van der Waals surface area contributed by atoms with Crippen LogP contribution in [0.5, 0.6) is 0 Å². The molecule has 0 fully saturated rings. The third-order valence-corrected chi connectivity index (χ3v) is 4.83. The van der Waals surface area contributed by atoms with E-state index in [1.807, 2.05) is 60.8 Å². The molecule has 25 heavy (non-hydrogen) atoms. The van der Waals surface area contributed by atoms with E-state index < -0.39 is 0 Å². The van der Waals surface area contributed by atoms with Crippen molar-refractivity contribution in [3.8, 4) is 22.6 Å². The lowest BCUT2D eigenvalue weighted by Crippen LogP contribution is -2.19. The van der Waals surface area contributed by atoms with E-state index in [4.69, 9.17) is 15.0 Å². The molecule has 1 aliphatic carbocycles. The second kappa shape index (κ2) is 4.93. The minimum absolute atomic E-state index is 0.297. The number of nitrogens with zero attached hydrogens (tertiary/aromatic N) is 4. The highest BCUT2D eigenvalue weighted by atomic mass is 14.9. The molecular formula is C21H16N4. The van der Waals surface area contributed by atoms with Crippen molar-refractivity contribution in [3.05, 3.63) is 72.2 Å². The number of hydrogen-bond donors (Lipinski definition) is 0. The quantitative estimate of drug-likeness (QED) is 0.521. The molecule has 0 amide bonds. The third kappa shape index (κ3) is 2.00. The van der Waals surface area contributed by atoms with Crippen molar-refractivity contribution < 1.29 is 0 Å². The molecular weight excluding hydrogens is 308 g/mol. The lowest BCUT2D eigenvalue weighted by atomic mass is 9.89. The number of para-hydroxylation sites is 2. The number of aromatic nitrogens is 4. The SMILES string of the molecule is CC1(C)c2nc(-c3ccccc3)ncc2-c2nc3ccccc3nc21. The van der Waals surface area contributed by atoms with E-state index in [0.717, 1.165) is 45.1 Å². The summed E-state index contributed by atoms with van der Waals surface area (Å²) in [6.45, 7) is 4.31. The van der Waals surface area contributed by atoms with Gasteiger partial charge in [-0.05, 0) is 26.0 Å². The van der Waals surface area contributed by atoms with Gasteiger partial charge in [-0.15, -0.1) is 0 Å². The van der Waals surface area contributed by atoms with Gasteiger partial charge in [0.25, 0.3) is 0 Å². The summed E-state index contributed by atoms with van der Waals surface area (Å²) in [7, 11) is 0. The van der Waals surface area contributed by atoms with Gasteiger partial charge in [0.1, 0.15) is 0 Å². The maximum absolute atomic E-state index is 4.90. The topological polar surface area (TPSA) is 51.6 Å². The zero-order chi connectivity index (χ0) is 17.0. The van der Waals surface area contributed by atoms with Crippen LogP contribution in [0.1, 0.15) is 25.2 Å². The Morgan fingerprint density at radius 3 is 2.16 bits per heavy atom. The van der Waals surface area contributed by atoms with Crippen molar-refractivity contribution in [1.29, 1.82) is 0 Å². The van der Waals surface area contributed by atoms with Crippen LogP contribution in [-0.4, -0.2) is 19.9 Å². The van der Waals surface area contributed by atoms with Crippen molar-refractivity contribution in [2.75, 3.05) is 0 Å². The van der Waals surface area contributed by atoms with Crippen LogP contribution in [0.2, 0.25) is 0 Å². The molecule has 2 heterocycles. The molecule has 120 valence electrons. The summed E-state index contributed by atoms with van der Waals surface area (Å²) in [6.07, 6.45) is 1.89. The molecule has 0 radical (unpaired) electrons. The van der Waals surface area contributed by atoms with Crippen molar-refractivity contribution in [1.82, 2.24) is 19.9 Å². The van der Waals surface area contributed by atoms with Crippen molar-refractivity contribution in [3.63, 3.8) is 0 Å². The molecule has 1 aliphatic rings. The van der Waals surface area contributed by atoms with Gasteiger partial charge in [-0.1, -0.05) is 42.5 Å². The first-order chi connectivity index (χ1) is 12.1. The van der Waals surface area contributed by atoms with Crippen molar-refractivity contribution in [2.45, 2.75) is 19.3 Å². The summed E-state index contributed by atoms with van der Waals surface area (Å²) in [6, 6.07) is 18.0. The lowest BCUT2D eigenvalue weighted by molar-refractivity contribution is 0.616. The van der Waals surface area contributed by atoms with Crippen molar-refractivity contribution >= 4 is 11.0 Å². The average Bonchev–Trinajstić information content (AvgIpc) is 2.88. The number of rotatable bonds is 1. The molecule has 4 heteroatoms. The summed E-state index contributed by atoms with van der Waals surface area (Å²) in [5.74, 6) is 0.741. The molecule has 0 saturated carbocycles. The molecule has 4 aromatic rings. The Labute approximate surface area is 145 Å².